The van der Waals surface area contributed by atoms with Crippen molar-refractivity contribution in [1.82, 2.24) is 9.97 Å². The average molecular weight is 279 g/mol. The lowest BCUT2D eigenvalue weighted by atomic mass is 10.1. The Labute approximate surface area is 117 Å². The van der Waals surface area contributed by atoms with Crippen LogP contribution in [0.3, 0.4) is 0 Å². The van der Waals surface area contributed by atoms with Gasteiger partial charge in [0.05, 0.1) is 13.7 Å². The molecule has 0 aliphatic rings. The highest BCUT2D eigenvalue weighted by Crippen LogP contribution is 2.30. The molecule has 5 heteroatoms. The van der Waals surface area contributed by atoms with Gasteiger partial charge >= 0.3 is 0 Å². The Balaban J connectivity index is 1.85. The molecule has 0 N–H and O–H groups in total. The van der Waals surface area contributed by atoms with E-state index in [0.29, 0.717) is 18.2 Å². The summed E-state index contributed by atoms with van der Waals surface area (Å²) in [5.74, 6) is 0.763. The van der Waals surface area contributed by atoms with E-state index in [9.17, 15) is 0 Å². The molecule has 0 fully saturated rings. The molecule has 19 heavy (non-hydrogen) atoms. The predicted octanol–water partition coefficient (Wildman–Crippen LogP) is 3.15. The molecule has 1 heterocycles. The van der Waals surface area contributed by atoms with E-state index in [2.05, 4.69) is 22.1 Å². The predicted molar refractivity (Wildman–Crippen MR) is 73.9 cm³/mol. The van der Waals surface area contributed by atoms with E-state index in [4.69, 9.17) is 21.1 Å². The number of methoxy groups -OCH3 is 1. The van der Waals surface area contributed by atoms with Crippen LogP contribution in [0.2, 0.25) is 5.15 Å². The third-order valence-corrected chi connectivity index (χ3v) is 2.89. The van der Waals surface area contributed by atoms with Crippen molar-refractivity contribution in [3.8, 4) is 11.6 Å². The van der Waals surface area contributed by atoms with Crippen LogP contribution < -0.4 is 9.47 Å². The first-order valence-electron chi connectivity index (χ1n) is 6.02. The van der Waals surface area contributed by atoms with Gasteiger partial charge in [0, 0.05) is 0 Å². The second-order valence-electron chi connectivity index (χ2n) is 3.94. The molecule has 2 aromatic rings. The summed E-state index contributed by atoms with van der Waals surface area (Å²) in [5.41, 5.74) is 1.29. The summed E-state index contributed by atoms with van der Waals surface area (Å²) in [4.78, 5) is 7.85. The summed E-state index contributed by atoms with van der Waals surface area (Å²) in [6, 6.07) is 10.3. The molecular weight excluding hydrogens is 264 g/mol. The SMILES string of the molecule is COc1c(Cl)ncnc1OCCCc1ccccc1. The van der Waals surface area contributed by atoms with Gasteiger partial charge in [-0.15, -0.1) is 0 Å². The highest BCUT2D eigenvalue weighted by atomic mass is 35.5. The number of benzene rings is 1. The topological polar surface area (TPSA) is 44.2 Å². The Hall–Kier alpha value is -1.81. The van der Waals surface area contributed by atoms with Crippen LogP contribution in [0.1, 0.15) is 12.0 Å². The van der Waals surface area contributed by atoms with Crippen molar-refractivity contribution in [3.63, 3.8) is 0 Å². The van der Waals surface area contributed by atoms with E-state index in [-0.39, 0.29) is 5.15 Å². The quantitative estimate of drug-likeness (QED) is 0.601. The summed E-state index contributed by atoms with van der Waals surface area (Å²) < 4.78 is 10.7. The number of hydrogen-bond donors (Lipinski definition) is 0. The van der Waals surface area contributed by atoms with Crippen molar-refractivity contribution in [2.45, 2.75) is 12.8 Å². The Bertz CT molecular complexity index is 520. The molecule has 0 bridgehead atoms. The first-order chi connectivity index (χ1) is 9.31. The van der Waals surface area contributed by atoms with Crippen LogP contribution in [-0.2, 0) is 6.42 Å². The molecule has 0 aliphatic heterocycles. The minimum Gasteiger partial charge on any atom is -0.489 e. The molecule has 0 amide bonds. The average Bonchev–Trinajstić information content (AvgIpc) is 2.45. The molecule has 0 unspecified atom stereocenters. The van der Waals surface area contributed by atoms with Gasteiger partial charge in [0.15, 0.2) is 5.15 Å². The molecule has 0 spiro atoms. The van der Waals surface area contributed by atoms with Gasteiger partial charge in [-0.2, -0.15) is 4.98 Å². The molecular formula is C14H15ClN2O2. The second-order valence-corrected chi connectivity index (χ2v) is 4.30. The highest BCUT2D eigenvalue weighted by Gasteiger charge is 2.11. The Kier molecular flexibility index (Phi) is 4.98. The monoisotopic (exact) mass is 278 g/mol. The molecule has 0 saturated carbocycles. The van der Waals surface area contributed by atoms with Crippen LogP contribution >= 0.6 is 11.6 Å². The number of nitrogens with zero attached hydrogens (tertiary/aromatic N) is 2. The van der Waals surface area contributed by atoms with Gasteiger partial charge < -0.3 is 9.47 Å². The number of hydrogen-bond acceptors (Lipinski definition) is 4. The fourth-order valence-electron chi connectivity index (χ4n) is 1.70. The summed E-state index contributed by atoms with van der Waals surface area (Å²) in [7, 11) is 1.52. The maximum absolute atomic E-state index is 5.88. The lowest BCUT2D eigenvalue weighted by molar-refractivity contribution is 0.277. The van der Waals surface area contributed by atoms with Crippen LogP contribution in [0, 0.1) is 0 Å². The highest BCUT2D eigenvalue weighted by molar-refractivity contribution is 6.31. The third-order valence-electron chi connectivity index (χ3n) is 2.62. The molecule has 0 radical (unpaired) electrons. The Morgan fingerprint density at radius 3 is 2.68 bits per heavy atom. The lowest BCUT2D eigenvalue weighted by Crippen LogP contribution is -2.03. The maximum Gasteiger partial charge on any atom is 0.261 e. The zero-order valence-electron chi connectivity index (χ0n) is 10.7. The van der Waals surface area contributed by atoms with Crippen molar-refractivity contribution < 1.29 is 9.47 Å². The van der Waals surface area contributed by atoms with E-state index in [1.807, 2.05) is 18.2 Å². The Morgan fingerprint density at radius 2 is 1.95 bits per heavy atom. The van der Waals surface area contributed by atoms with Crippen LogP contribution in [0.5, 0.6) is 11.6 Å². The largest absolute Gasteiger partial charge is 0.489 e. The molecule has 2 rings (SSSR count). The van der Waals surface area contributed by atoms with Gasteiger partial charge in [0.2, 0.25) is 5.75 Å². The number of aromatic nitrogens is 2. The number of ether oxygens (including phenoxy) is 2. The molecule has 100 valence electrons. The van der Waals surface area contributed by atoms with Crippen molar-refractivity contribution in [1.29, 1.82) is 0 Å². The number of halogens is 1. The van der Waals surface area contributed by atoms with Crippen molar-refractivity contribution in [2.24, 2.45) is 0 Å². The molecule has 1 aromatic heterocycles. The van der Waals surface area contributed by atoms with Crippen LogP contribution in [0.15, 0.2) is 36.7 Å². The summed E-state index contributed by atoms with van der Waals surface area (Å²) in [5, 5.41) is 0.260. The molecule has 0 atom stereocenters. The molecule has 0 aliphatic carbocycles. The first-order valence-corrected chi connectivity index (χ1v) is 6.40. The van der Waals surface area contributed by atoms with E-state index in [0.717, 1.165) is 12.8 Å². The van der Waals surface area contributed by atoms with E-state index >= 15 is 0 Å². The van der Waals surface area contributed by atoms with Crippen LogP contribution in [0.25, 0.3) is 0 Å². The minimum atomic E-state index is 0.260. The second kappa shape index (κ2) is 6.95. The zero-order valence-corrected chi connectivity index (χ0v) is 11.4. The molecule has 4 nitrogen and oxygen atoms in total. The third kappa shape index (κ3) is 3.83. The van der Waals surface area contributed by atoms with E-state index in [1.54, 1.807) is 0 Å². The fourth-order valence-corrected chi connectivity index (χ4v) is 1.90. The van der Waals surface area contributed by atoms with Gasteiger partial charge in [-0.05, 0) is 18.4 Å². The molecule has 1 aromatic carbocycles. The zero-order chi connectivity index (χ0) is 13.5. The fraction of sp³-hybridized carbons (Fsp3) is 0.286. The van der Waals surface area contributed by atoms with Gasteiger partial charge in [-0.1, -0.05) is 41.9 Å². The van der Waals surface area contributed by atoms with Gasteiger partial charge in [0.25, 0.3) is 5.88 Å². The lowest BCUT2D eigenvalue weighted by Gasteiger charge is -2.09. The molecule has 0 saturated heterocycles. The van der Waals surface area contributed by atoms with Gasteiger partial charge in [-0.3, -0.25) is 0 Å². The van der Waals surface area contributed by atoms with Crippen LogP contribution in [0.4, 0.5) is 0 Å². The smallest absolute Gasteiger partial charge is 0.261 e. The van der Waals surface area contributed by atoms with E-state index < -0.39 is 0 Å². The summed E-state index contributed by atoms with van der Waals surface area (Å²) in [6.07, 6.45) is 3.22. The summed E-state index contributed by atoms with van der Waals surface area (Å²) in [6.45, 7) is 0.554. The minimum absolute atomic E-state index is 0.260. The van der Waals surface area contributed by atoms with Gasteiger partial charge in [0.1, 0.15) is 6.33 Å². The van der Waals surface area contributed by atoms with Crippen molar-refractivity contribution in [3.05, 3.63) is 47.4 Å². The normalized spacial score (nSPS) is 10.2. The van der Waals surface area contributed by atoms with Crippen molar-refractivity contribution in [2.75, 3.05) is 13.7 Å². The van der Waals surface area contributed by atoms with E-state index in [1.165, 1.54) is 19.0 Å². The van der Waals surface area contributed by atoms with Gasteiger partial charge in [-0.25, -0.2) is 4.98 Å². The number of aryl methyl sites for hydroxylation is 1. The first kappa shape index (κ1) is 13.6. The Morgan fingerprint density at radius 1 is 1.16 bits per heavy atom. The number of rotatable bonds is 6. The maximum atomic E-state index is 5.88. The van der Waals surface area contributed by atoms with Crippen molar-refractivity contribution >= 4 is 11.6 Å². The summed E-state index contributed by atoms with van der Waals surface area (Å²) >= 11 is 5.88. The van der Waals surface area contributed by atoms with Crippen LogP contribution in [-0.4, -0.2) is 23.7 Å². The standard InChI is InChI=1S/C14H15ClN2O2/c1-18-12-13(15)16-10-17-14(12)19-9-5-8-11-6-3-2-4-7-11/h2-4,6-7,10H,5,8-9H2,1H3.